The van der Waals surface area contributed by atoms with Crippen molar-refractivity contribution in [2.75, 3.05) is 46.1 Å². The molecule has 2 amide bonds. The Morgan fingerprint density at radius 3 is 2.41 bits per heavy atom. The number of hydrogen-bond donors (Lipinski definition) is 1. The van der Waals surface area contributed by atoms with Crippen LogP contribution in [-0.4, -0.2) is 88.8 Å². The zero-order chi connectivity index (χ0) is 24.2. The molecule has 180 valence electrons. The van der Waals surface area contributed by atoms with Crippen LogP contribution >= 0.6 is 0 Å². The molecule has 0 spiro atoms. The first-order valence-electron chi connectivity index (χ1n) is 10.5. The van der Waals surface area contributed by atoms with Gasteiger partial charge in [0, 0.05) is 18.9 Å². The van der Waals surface area contributed by atoms with Gasteiger partial charge in [-0.25, -0.2) is 0 Å². The largest absolute Gasteiger partial charge is 0.460 e. The third-order valence-electron chi connectivity index (χ3n) is 4.45. The van der Waals surface area contributed by atoms with Gasteiger partial charge in [-0.1, -0.05) is 25.3 Å². The molecular weight excluding hydrogens is 444 g/mol. The molecule has 2 aromatic rings. The quantitative estimate of drug-likeness (QED) is 0.435. The van der Waals surface area contributed by atoms with Crippen LogP contribution < -0.4 is 19.5 Å². The molecule has 1 aliphatic heterocycles. The highest BCUT2D eigenvalue weighted by Gasteiger charge is 2.25. The van der Waals surface area contributed by atoms with E-state index < -0.39 is 6.10 Å². The SMILES string of the molecule is C=CCOc1nc(OCC=C)nc(OCC2CN(C(=O)CNC(=O)c3cccnc3)CCO2)n1. The molecule has 1 unspecified atom stereocenters. The number of carbonyl (C=O) groups excluding carboxylic acids is 2. The van der Waals surface area contributed by atoms with E-state index in [-0.39, 0.29) is 62.8 Å². The average Bonchev–Trinajstić information content (AvgIpc) is 2.88. The predicted molar refractivity (Wildman–Crippen MR) is 120 cm³/mol. The standard InChI is InChI=1S/C22H26N6O6/c1-3-9-32-20-25-21(33-10-4-2)27-22(26-20)34-15-17-14-28(8-11-31-17)18(29)13-24-19(30)16-6-5-7-23-12-16/h3-7,12,17H,1-2,8-11,13-15H2,(H,24,30). The van der Waals surface area contributed by atoms with E-state index in [0.717, 1.165) is 0 Å². The van der Waals surface area contributed by atoms with Gasteiger partial charge in [-0.2, -0.15) is 0 Å². The number of rotatable bonds is 12. The molecule has 0 radical (unpaired) electrons. The minimum Gasteiger partial charge on any atom is -0.460 e. The molecule has 2 aromatic heterocycles. The Hall–Kier alpha value is -4.06. The summed E-state index contributed by atoms with van der Waals surface area (Å²) in [5.74, 6) is -0.598. The fourth-order valence-corrected chi connectivity index (χ4v) is 2.86. The molecule has 1 N–H and O–H groups in total. The van der Waals surface area contributed by atoms with Crippen molar-refractivity contribution in [3.8, 4) is 18.0 Å². The van der Waals surface area contributed by atoms with Crippen LogP contribution in [0.4, 0.5) is 0 Å². The third kappa shape index (κ3) is 7.52. The zero-order valence-corrected chi connectivity index (χ0v) is 18.6. The van der Waals surface area contributed by atoms with E-state index >= 15 is 0 Å². The summed E-state index contributed by atoms with van der Waals surface area (Å²) < 4.78 is 22.0. The third-order valence-corrected chi connectivity index (χ3v) is 4.45. The summed E-state index contributed by atoms with van der Waals surface area (Å²) in [6.07, 6.45) is 5.69. The summed E-state index contributed by atoms with van der Waals surface area (Å²) in [7, 11) is 0. The molecule has 1 saturated heterocycles. The minimum absolute atomic E-state index is 0.0103. The maximum absolute atomic E-state index is 12.6. The van der Waals surface area contributed by atoms with E-state index in [1.807, 2.05) is 0 Å². The molecule has 0 saturated carbocycles. The van der Waals surface area contributed by atoms with Crippen molar-refractivity contribution in [3.63, 3.8) is 0 Å². The normalized spacial score (nSPS) is 15.2. The first kappa shape index (κ1) is 24.6. The molecule has 12 nitrogen and oxygen atoms in total. The molecule has 12 heteroatoms. The summed E-state index contributed by atoms with van der Waals surface area (Å²) >= 11 is 0. The van der Waals surface area contributed by atoms with Crippen molar-refractivity contribution in [2.24, 2.45) is 0 Å². The van der Waals surface area contributed by atoms with Gasteiger partial charge in [-0.3, -0.25) is 14.6 Å². The molecule has 3 rings (SSSR count). The Labute approximate surface area is 196 Å². The number of ether oxygens (including phenoxy) is 4. The molecule has 0 bridgehead atoms. The molecule has 1 aliphatic rings. The van der Waals surface area contributed by atoms with Crippen LogP contribution in [0.3, 0.4) is 0 Å². The van der Waals surface area contributed by atoms with Gasteiger partial charge in [-0.05, 0) is 12.1 Å². The van der Waals surface area contributed by atoms with Crippen molar-refractivity contribution < 1.29 is 28.5 Å². The summed E-state index contributed by atoms with van der Waals surface area (Å²) in [6.45, 7) is 8.52. The van der Waals surface area contributed by atoms with Crippen LogP contribution in [0.15, 0.2) is 49.8 Å². The molecule has 0 aromatic carbocycles. The molecule has 3 heterocycles. The number of hydrogen-bond acceptors (Lipinski definition) is 10. The van der Waals surface area contributed by atoms with Gasteiger partial charge in [0.1, 0.15) is 25.9 Å². The lowest BCUT2D eigenvalue weighted by molar-refractivity contribution is -0.138. The number of nitrogens with zero attached hydrogens (tertiary/aromatic N) is 5. The summed E-state index contributed by atoms with van der Waals surface area (Å²) in [5.41, 5.74) is 0.383. The number of amides is 2. The fourth-order valence-electron chi connectivity index (χ4n) is 2.86. The second kappa shape index (κ2) is 12.8. The maximum atomic E-state index is 12.6. The van der Waals surface area contributed by atoms with E-state index in [4.69, 9.17) is 18.9 Å². The first-order chi connectivity index (χ1) is 16.6. The molecule has 1 atom stereocenters. The lowest BCUT2D eigenvalue weighted by Crippen LogP contribution is -2.50. The summed E-state index contributed by atoms with van der Waals surface area (Å²) in [4.78, 5) is 42.4. The fraction of sp³-hybridized carbons (Fsp3) is 0.364. The topological polar surface area (TPSA) is 138 Å². The lowest BCUT2D eigenvalue weighted by Gasteiger charge is -2.32. The first-order valence-corrected chi connectivity index (χ1v) is 10.5. The molecule has 1 fully saturated rings. The number of morpholine rings is 1. The molecular formula is C22H26N6O6. The van der Waals surface area contributed by atoms with Gasteiger partial charge in [0.25, 0.3) is 5.91 Å². The van der Waals surface area contributed by atoms with Gasteiger partial charge in [0.15, 0.2) is 0 Å². The Morgan fingerprint density at radius 2 is 1.79 bits per heavy atom. The Bertz CT molecular complexity index is 959. The van der Waals surface area contributed by atoms with Gasteiger partial charge < -0.3 is 29.2 Å². The van der Waals surface area contributed by atoms with Crippen LogP contribution in [0, 0.1) is 0 Å². The maximum Gasteiger partial charge on any atom is 0.326 e. The Kier molecular flexibility index (Phi) is 9.29. The van der Waals surface area contributed by atoms with Gasteiger partial charge >= 0.3 is 18.0 Å². The Balaban J connectivity index is 1.52. The lowest BCUT2D eigenvalue weighted by atomic mass is 10.2. The van der Waals surface area contributed by atoms with Gasteiger partial charge in [0.2, 0.25) is 5.91 Å². The van der Waals surface area contributed by atoms with Crippen LogP contribution in [0.5, 0.6) is 18.0 Å². The van der Waals surface area contributed by atoms with Crippen molar-refractivity contribution >= 4 is 11.8 Å². The average molecular weight is 470 g/mol. The van der Waals surface area contributed by atoms with Gasteiger partial charge in [0.05, 0.1) is 25.3 Å². The molecule has 0 aliphatic carbocycles. The zero-order valence-electron chi connectivity index (χ0n) is 18.6. The molecule has 34 heavy (non-hydrogen) atoms. The number of nitrogens with one attached hydrogen (secondary N) is 1. The van der Waals surface area contributed by atoms with Crippen molar-refractivity contribution in [2.45, 2.75) is 6.10 Å². The highest BCUT2D eigenvalue weighted by Crippen LogP contribution is 2.16. The van der Waals surface area contributed by atoms with E-state index in [1.165, 1.54) is 6.20 Å². The number of pyridine rings is 1. The number of aromatic nitrogens is 4. The number of carbonyl (C=O) groups is 2. The van der Waals surface area contributed by atoms with Crippen LogP contribution in [0.25, 0.3) is 0 Å². The highest BCUT2D eigenvalue weighted by atomic mass is 16.6. The monoisotopic (exact) mass is 470 g/mol. The second-order valence-corrected chi connectivity index (χ2v) is 6.95. The van der Waals surface area contributed by atoms with Crippen molar-refractivity contribution in [3.05, 3.63) is 55.4 Å². The van der Waals surface area contributed by atoms with Crippen LogP contribution in [0.2, 0.25) is 0 Å². The van der Waals surface area contributed by atoms with E-state index in [1.54, 1.807) is 35.4 Å². The van der Waals surface area contributed by atoms with E-state index in [2.05, 4.69) is 38.4 Å². The van der Waals surface area contributed by atoms with Crippen LogP contribution in [-0.2, 0) is 9.53 Å². The van der Waals surface area contributed by atoms with Crippen LogP contribution in [0.1, 0.15) is 10.4 Å². The van der Waals surface area contributed by atoms with Crippen molar-refractivity contribution in [1.82, 2.24) is 30.2 Å². The Morgan fingerprint density at radius 1 is 1.12 bits per heavy atom. The summed E-state index contributed by atoms with van der Waals surface area (Å²) in [6, 6.07) is 3.31. The second-order valence-electron chi connectivity index (χ2n) is 6.95. The van der Waals surface area contributed by atoms with Gasteiger partial charge in [-0.15, -0.1) is 15.0 Å². The minimum atomic E-state index is -0.418. The van der Waals surface area contributed by atoms with E-state index in [0.29, 0.717) is 18.7 Å². The van der Waals surface area contributed by atoms with Crippen molar-refractivity contribution in [1.29, 1.82) is 0 Å². The predicted octanol–water partition coefficient (Wildman–Crippen LogP) is 0.432. The van der Waals surface area contributed by atoms with E-state index in [9.17, 15) is 9.59 Å². The smallest absolute Gasteiger partial charge is 0.326 e. The highest BCUT2D eigenvalue weighted by molar-refractivity contribution is 5.96. The summed E-state index contributed by atoms with van der Waals surface area (Å²) in [5, 5.41) is 2.60.